The molecule has 0 aliphatic carbocycles. The van der Waals surface area contributed by atoms with Crippen molar-refractivity contribution >= 4 is 34.5 Å². The first kappa shape index (κ1) is 19.7. The zero-order valence-electron chi connectivity index (χ0n) is 16.5. The van der Waals surface area contributed by atoms with Crippen LogP contribution in [0.5, 0.6) is 11.5 Å². The van der Waals surface area contributed by atoms with Crippen molar-refractivity contribution in [2.24, 2.45) is 5.10 Å². The van der Waals surface area contributed by atoms with Crippen LogP contribution in [0.25, 0.3) is 22.3 Å². The van der Waals surface area contributed by atoms with E-state index < -0.39 is 0 Å². The minimum atomic E-state index is 0.592. The first-order valence-corrected chi connectivity index (χ1v) is 9.59. The smallest absolute Gasteiger partial charge is 0.162 e. The first-order valence-electron chi connectivity index (χ1n) is 9.22. The monoisotopic (exact) mass is 418 g/mol. The Morgan fingerprint density at radius 3 is 2.43 bits per heavy atom. The highest BCUT2D eigenvalue weighted by Gasteiger charge is 2.09. The maximum absolute atomic E-state index is 6.00. The van der Waals surface area contributed by atoms with Crippen LogP contribution in [-0.2, 0) is 0 Å². The van der Waals surface area contributed by atoms with E-state index in [1.54, 1.807) is 20.4 Å². The van der Waals surface area contributed by atoms with Gasteiger partial charge in [0.15, 0.2) is 23.1 Å². The van der Waals surface area contributed by atoms with E-state index in [1.807, 2.05) is 66.7 Å². The van der Waals surface area contributed by atoms with Gasteiger partial charge in [0.1, 0.15) is 0 Å². The molecule has 0 bridgehead atoms. The second-order valence-electron chi connectivity index (χ2n) is 6.40. The molecule has 3 aromatic carbocycles. The van der Waals surface area contributed by atoms with Crippen molar-refractivity contribution in [3.05, 3.63) is 77.3 Å². The summed E-state index contributed by atoms with van der Waals surface area (Å²) >= 11 is 6.00. The highest BCUT2D eigenvalue weighted by Crippen LogP contribution is 2.28. The number of para-hydroxylation sites is 1. The molecule has 4 aromatic rings. The molecule has 0 fully saturated rings. The molecule has 0 amide bonds. The third kappa shape index (κ3) is 4.18. The largest absolute Gasteiger partial charge is 0.493 e. The average molecular weight is 419 g/mol. The number of hydrazone groups is 1. The van der Waals surface area contributed by atoms with Crippen LogP contribution in [-0.4, -0.2) is 30.4 Å². The lowest BCUT2D eigenvalue weighted by Crippen LogP contribution is -1.99. The number of hydrogen-bond donors (Lipinski definition) is 1. The van der Waals surface area contributed by atoms with Gasteiger partial charge in [-0.05, 0) is 60.2 Å². The number of nitrogens with one attached hydrogen (secondary N) is 1. The van der Waals surface area contributed by atoms with Crippen LogP contribution in [0.3, 0.4) is 0 Å². The van der Waals surface area contributed by atoms with E-state index in [0.29, 0.717) is 28.2 Å². The van der Waals surface area contributed by atoms with Crippen molar-refractivity contribution < 1.29 is 9.47 Å². The number of rotatable bonds is 6. The zero-order chi connectivity index (χ0) is 20.9. The summed E-state index contributed by atoms with van der Waals surface area (Å²) in [7, 11) is 3.20. The molecular weight excluding hydrogens is 400 g/mol. The summed E-state index contributed by atoms with van der Waals surface area (Å²) < 4.78 is 10.6. The molecule has 7 heteroatoms. The van der Waals surface area contributed by atoms with Gasteiger partial charge in [0.05, 0.1) is 26.0 Å². The van der Waals surface area contributed by atoms with E-state index in [2.05, 4.69) is 20.5 Å². The van der Waals surface area contributed by atoms with Gasteiger partial charge in [-0.2, -0.15) is 5.10 Å². The van der Waals surface area contributed by atoms with Gasteiger partial charge >= 0.3 is 0 Å². The Labute approximate surface area is 179 Å². The van der Waals surface area contributed by atoms with Crippen molar-refractivity contribution in [2.45, 2.75) is 0 Å². The van der Waals surface area contributed by atoms with Crippen molar-refractivity contribution in [3.8, 4) is 22.9 Å². The SMILES string of the molecule is COc1ccc(/C=N\Nc2nc(-c3ccc(Cl)cc3)nc3ccccc23)cc1OC. The molecule has 0 atom stereocenters. The predicted molar refractivity (Wildman–Crippen MR) is 121 cm³/mol. The Morgan fingerprint density at radius 2 is 1.67 bits per heavy atom. The van der Waals surface area contributed by atoms with Crippen molar-refractivity contribution in [1.29, 1.82) is 0 Å². The molecule has 30 heavy (non-hydrogen) atoms. The molecule has 0 aliphatic heterocycles. The Morgan fingerprint density at radius 1 is 0.900 bits per heavy atom. The molecule has 0 unspecified atom stereocenters. The molecule has 0 saturated heterocycles. The number of halogens is 1. The number of aromatic nitrogens is 2. The van der Waals surface area contributed by atoms with Gasteiger partial charge in [0, 0.05) is 16.0 Å². The Kier molecular flexibility index (Phi) is 5.77. The van der Waals surface area contributed by atoms with E-state index >= 15 is 0 Å². The number of nitrogens with zero attached hydrogens (tertiary/aromatic N) is 3. The van der Waals surface area contributed by atoms with E-state index in [-0.39, 0.29) is 0 Å². The van der Waals surface area contributed by atoms with E-state index in [9.17, 15) is 0 Å². The number of ether oxygens (including phenoxy) is 2. The number of methoxy groups -OCH3 is 2. The Balaban J connectivity index is 1.66. The van der Waals surface area contributed by atoms with E-state index in [4.69, 9.17) is 21.1 Å². The summed E-state index contributed by atoms with van der Waals surface area (Å²) in [6, 6.07) is 20.8. The number of fused-ring (bicyclic) bond motifs is 1. The van der Waals surface area contributed by atoms with E-state index in [1.165, 1.54) is 0 Å². The minimum Gasteiger partial charge on any atom is -0.493 e. The summed E-state index contributed by atoms with van der Waals surface area (Å²) in [5.41, 5.74) is 5.59. The van der Waals surface area contributed by atoms with Gasteiger partial charge in [-0.1, -0.05) is 23.7 Å². The van der Waals surface area contributed by atoms with Crippen molar-refractivity contribution in [1.82, 2.24) is 9.97 Å². The molecule has 4 rings (SSSR count). The highest BCUT2D eigenvalue weighted by atomic mass is 35.5. The van der Waals surface area contributed by atoms with E-state index in [0.717, 1.165) is 22.0 Å². The zero-order valence-corrected chi connectivity index (χ0v) is 17.2. The summed E-state index contributed by atoms with van der Waals surface area (Å²) in [5.74, 6) is 2.51. The fourth-order valence-corrected chi connectivity index (χ4v) is 3.12. The van der Waals surface area contributed by atoms with Crippen LogP contribution in [0.2, 0.25) is 5.02 Å². The van der Waals surface area contributed by atoms with Crippen LogP contribution in [0.15, 0.2) is 71.8 Å². The van der Waals surface area contributed by atoms with Crippen LogP contribution < -0.4 is 14.9 Å². The van der Waals surface area contributed by atoms with Gasteiger partial charge in [-0.3, -0.25) is 5.43 Å². The second kappa shape index (κ2) is 8.80. The van der Waals surface area contributed by atoms with Crippen LogP contribution in [0.4, 0.5) is 5.82 Å². The van der Waals surface area contributed by atoms with Crippen molar-refractivity contribution in [3.63, 3.8) is 0 Å². The molecule has 0 aliphatic rings. The maximum Gasteiger partial charge on any atom is 0.162 e. The highest BCUT2D eigenvalue weighted by molar-refractivity contribution is 6.30. The van der Waals surface area contributed by atoms with Gasteiger partial charge < -0.3 is 9.47 Å². The second-order valence-corrected chi connectivity index (χ2v) is 6.84. The molecule has 0 radical (unpaired) electrons. The fourth-order valence-electron chi connectivity index (χ4n) is 2.99. The molecule has 6 nitrogen and oxygen atoms in total. The summed E-state index contributed by atoms with van der Waals surface area (Å²) in [6.07, 6.45) is 1.70. The lowest BCUT2D eigenvalue weighted by atomic mass is 10.2. The first-order chi connectivity index (χ1) is 14.7. The normalized spacial score (nSPS) is 11.0. The molecule has 1 heterocycles. The maximum atomic E-state index is 6.00. The van der Waals surface area contributed by atoms with Crippen molar-refractivity contribution in [2.75, 3.05) is 19.6 Å². The van der Waals surface area contributed by atoms with Crippen LogP contribution in [0, 0.1) is 0 Å². The van der Waals surface area contributed by atoms with Gasteiger partial charge in [0.25, 0.3) is 0 Å². The summed E-state index contributed by atoms with van der Waals surface area (Å²) in [6.45, 7) is 0. The summed E-state index contributed by atoms with van der Waals surface area (Å²) in [4.78, 5) is 9.34. The molecule has 0 spiro atoms. The standard InChI is InChI=1S/C23H19ClN4O2/c1-29-20-12-7-15(13-21(20)30-2)14-25-28-23-18-5-3-4-6-19(18)26-22(27-23)16-8-10-17(24)11-9-16/h3-14H,1-2H3,(H,26,27,28)/b25-14-. The third-order valence-corrected chi connectivity index (χ3v) is 4.75. The van der Waals surface area contributed by atoms with Gasteiger partial charge in [-0.15, -0.1) is 0 Å². The molecule has 1 aromatic heterocycles. The van der Waals surface area contributed by atoms with Crippen LogP contribution in [0.1, 0.15) is 5.56 Å². The van der Waals surface area contributed by atoms with Gasteiger partial charge in [0.2, 0.25) is 0 Å². The molecule has 0 saturated carbocycles. The fraction of sp³-hybridized carbons (Fsp3) is 0.0870. The molecule has 1 N–H and O–H groups in total. The quantitative estimate of drug-likeness (QED) is 0.335. The Bertz CT molecular complexity index is 1210. The summed E-state index contributed by atoms with van der Waals surface area (Å²) in [5, 5.41) is 5.90. The third-order valence-electron chi connectivity index (χ3n) is 4.50. The predicted octanol–water partition coefficient (Wildman–Crippen LogP) is 5.41. The average Bonchev–Trinajstić information content (AvgIpc) is 2.79. The lowest BCUT2D eigenvalue weighted by Gasteiger charge is -2.09. The lowest BCUT2D eigenvalue weighted by molar-refractivity contribution is 0.355. The molecular formula is C23H19ClN4O2. The number of hydrogen-bond acceptors (Lipinski definition) is 6. The number of anilines is 1. The van der Waals surface area contributed by atoms with Crippen LogP contribution >= 0.6 is 11.6 Å². The topological polar surface area (TPSA) is 68.6 Å². The number of benzene rings is 3. The minimum absolute atomic E-state index is 0.592. The Hall–Kier alpha value is -3.64. The van der Waals surface area contributed by atoms with Gasteiger partial charge in [-0.25, -0.2) is 9.97 Å². The molecule has 150 valence electrons.